The van der Waals surface area contributed by atoms with Gasteiger partial charge < -0.3 is 19.1 Å². The van der Waals surface area contributed by atoms with Gasteiger partial charge in [0.15, 0.2) is 11.5 Å². The van der Waals surface area contributed by atoms with Crippen LogP contribution in [0.15, 0.2) is 12.1 Å². The van der Waals surface area contributed by atoms with Crippen molar-refractivity contribution in [1.29, 1.82) is 0 Å². The molecule has 3 rings (SSSR count). The predicted molar refractivity (Wildman–Crippen MR) is 82.8 cm³/mol. The Morgan fingerprint density at radius 2 is 2.22 bits per heavy atom. The zero-order chi connectivity index (χ0) is 16.4. The van der Waals surface area contributed by atoms with E-state index < -0.39 is 0 Å². The van der Waals surface area contributed by atoms with Crippen molar-refractivity contribution in [3.63, 3.8) is 0 Å². The molecule has 1 fully saturated rings. The Bertz CT molecular complexity index is 633. The molecule has 1 saturated heterocycles. The molecule has 2 heterocycles. The number of amides is 1. The molecule has 1 unspecified atom stereocenters. The van der Waals surface area contributed by atoms with Crippen molar-refractivity contribution in [1.82, 2.24) is 4.90 Å². The summed E-state index contributed by atoms with van der Waals surface area (Å²) in [4.78, 5) is 26.3. The van der Waals surface area contributed by atoms with Gasteiger partial charge in [-0.2, -0.15) is 0 Å². The fraction of sp³-hybridized carbons (Fsp3) is 0.500. The molecule has 0 N–H and O–H groups in total. The van der Waals surface area contributed by atoms with Crippen LogP contribution in [0.2, 0.25) is 5.02 Å². The second-order valence-corrected chi connectivity index (χ2v) is 5.94. The van der Waals surface area contributed by atoms with E-state index in [0.717, 1.165) is 12.8 Å². The molecule has 0 aromatic heterocycles. The highest BCUT2D eigenvalue weighted by atomic mass is 35.5. The third-order valence-corrected chi connectivity index (χ3v) is 4.28. The average Bonchev–Trinajstić information content (AvgIpc) is 3.03. The number of likely N-dealkylation sites (tertiary alicyclic amines) is 1. The fourth-order valence-corrected chi connectivity index (χ4v) is 3.15. The zero-order valence-corrected chi connectivity index (χ0v) is 13.6. The molecule has 0 radical (unpaired) electrons. The highest BCUT2D eigenvalue weighted by Crippen LogP contribution is 2.40. The van der Waals surface area contributed by atoms with Crippen molar-refractivity contribution < 1.29 is 23.8 Å². The first-order chi connectivity index (χ1) is 11.1. The van der Waals surface area contributed by atoms with Gasteiger partial charge in [-0.3, -0.25) is 9.59 Å². The van der Waals surface area contributed by atoms with E-state index in [1.807, 2.05) is 0 Å². The minimum Gasteiger partial charge on any atom is -0.466 e. The van der Waals surface area contributed by atoms with Crippen LogP contribution in [-0.2, 0) is 9.53 Å². The van der Waals surface area contributed by atoms with Gasteiger partial charge in [0, 0.05) is 18.7 Å². The maximum absolute atomic E-state index is 12.7. The normalized spacial score (nSPS) is 19.6. The predicted octanol–water partition coefficient (Wildman–Crippen LogP) is 2.48. The van der Waals surface area contributed by atoms with Gasteiger partial charge in [0.2, 0.25) is 6.79 Å². The van der Waals surface area contributed by atoms with E-state index >= 15 is 0 Å². The van der Waals surface area contributed by atoms with Crippen molar-refractivity contribution in [2.24, 2.45) is 5.92 Å². The molecule has 6 nitrogen and oxygen atoms in total. The van der Waals surface area contributed by atoms with E-state index in [1.54, 1.807) is 24.0 Å². The van der Waals surface area contributed by atoms with E-state index in [2.05, 4.69) is 0 Å². The molecular weight excluding hydrogens is 322 g/mol. The maximum atomic E-state index is 12.7. The van der Waals surface area contributed by atoms with Gasteiger partial charge in [-0.15, -0.1) is 0 Å². The van der Waals surface area contributed by atoms with Crippen LogP contribution in [0.3, 0.4) is 0 Å². The van der Waals surface area contributed by atoms with Crippen molar-refractivity contribution in [3.8, 4) is 11.5 Å². The maximum Gasteiger partial charge on any atom is 0.310 e. The van der Waals surface area contributed by atoms with Gasteiger partial charge in [0.1, 0.15) is 0 Å². The number of esters is 1. The number of carbonyl (C=O) groups excluding carboxylic acids is 2. The first kappa shape index (κ1) is 15.9. The number of hydrogen-bond acceptors (Lipinski definition) is 5. The second kappa shape index (κ2) is 6.66. The Morgan fingerprint density at radius 1 is 1.39 bits per heavy atom. The lowest BCUT2D eigenvalue weighted by atomic mass is 9.97. The summed E-state index contributed by atoms with van der Waals surface area (Å²) in [6.07, 6.45) is 1.51. The number of carbonyl (C=O) groups is 2. The summed E-state index contributed by atoms with van der Waals surface area (Å²) < 4.78 is 15.6. The molecule has 23 heavy (non-hydrogen) atoms. The lowest BCUT2D eigenvalue weighted by molar-refractivity contribution is -0.149. The van der Waals surface area contributed by atoms with Crippen LogP contribution in [0.4, 0.5) is 0 Å². The van der Waals surface area contributed by atoms with Gasteiger partial charge in [-0.05, 0) is 31.9 Å². The smallest absolute Gasteiger partial charge is 0.310 e. The number of benzene rings is 1. The summed E-state index contributed by atoms with van der Waals surface area (Å²) >= 11 is 6.13. The van der Waals surface area contributed by atoms with E-state index in [-0.39, 0.29) is 24.6 Å². The first-order valence-electron chi connectivity index (χ1n) is 7.65. The molecule has 1 amide bonds. The molecule has 124 valence electrons. The second-order valence-electron chi connectivity index (χ2n) is 5.53. The van der Waals surface area contributed by atoms with Crippen molar-refractivity contribution in [3.05, 3.63) is 22.7 Å². The van der Waals surface area contributed by atoms with E-state index in [1.165, 1.54) is 0 Å². The largest absolute Gasteiger partial charge is 0.466 e. The van der Waals surface area contributed by atoms with Gasteiger partial charge in [-0.25, -0.2) is 0 Å². The topological polar surface area (TPSA) is 65.1 Å². The molecule has 0 spiro atoms. The molecule has 7 heteroatoms. The zero-order valence-electron chi connectivity index (χ0n) is 12.8. The SMILES string of the molecule is CCOC(=O)C1CCCN(C(=O)c2cc(Cl)c3c(c2)OCO3)C1. The summed E-state index contributed by atoms with van der Waals surface area (Å²) in [5.74, 6) is 0.260. The molecular formula is C16H18ClNO5. The number of hydrogen-bond donors (Lipinski definition) is 0. The summed E-state index contributed by atoms with van der Waals surface area (Å²) in [5, 5.41) is 0.349. The van der Waals surface area contributed by atoms with Gasteiger partial charge in [-0.1, -0.05) is 11.6 Å². The van der Waals surface area contributed by atoms with Gasteiger partial charge >= 0.3 is 5.97 Å². The third kappa shape index (κ3) is 3.22. The highest BCUT2D eigenvalue weighted by molar-refractivity contribution is 6.32. The monoisotopic (exact) mass is 339 g/mol. The minimum atomic E-state index is -0.267. The van der Waals surface area contributed by atoms with Crippen molar-refractivity contribution in [2.75, 3.05) is 26.5 Å². The summed E-state index contributed by atoms with van der Waals surface area (Å²) in [6.45, 7) is 3.20. The van der Waals surface area contributed by atoms with E-state index in [0.29, 0.717) is 41.8 Å². The fourth-order valence-electron chi connectivity index (χ4n) is 2.89. The van der Waals surface area contributed by atoms with Crippen molar-refractivity contribution in [2.45, 2.75) is 19.8 Å². The van der Waals surface area contributed by atoms with Gasteiger partial charge in [0.05, 0.1) is 17.5 Å². The molecule has 1 aromatic rings. The van der Waals surface area contributed by atoms with Crippen LogP contribution in [0, 0.1) is 5.92 Å². The number of halogens is 1. The Balaban J connectivity index is 1.75. The number of fused-ring (bicyclic) bond motifs is 1. The number of ether oxygens (including phenoxy) is 3. The number of nitrogens with zero attached hydrogens (tertiary/aromatic N) is 1. The standard InChI is InChI=1S/C16H18ClNO5/c1-2-21-16(20)10-4-3-5-18(8-10)15(19)11-6-12(17)14-13(7-11)22-9-23-14/h6-7,10H,2-5,8-9H2,1H3. The quantitative estimate of drug-likeness (QED) is 0.792. The number of piperidine rings is 1. The van der Waals surface area contributed by atoms with Crippen molar-refractivity contribution >= 4 is 23.5 Å². The first-order valence-corrected chi connectivity index (χ1v) is 8.03. The Kier molecular flexibility index (Phi) is 4.61. The summed E-state index contributed by atoms with van der Waals surface area (Å²) in [7, 11) is 0. The van der Waals surface area contributed by atoms with Crippen LogP contribution >= 0.6 is 11.6 Å². The van der Waals surface area contributed by atoms with Crippen LogP contribution in [0.1, 0.15) is 30.1 Å². The van der Waals surface area contributed by atoms with Crippen LogP contribution in [0.5, 0.6) is 11.5 Å². The Hall–Kier alpha value is -1.95. The lowest BCUT2D eigenvalue weighted by Gasteiger charge is -2.31. The molecule has 0 bridgehead atoms. The number of rotatable bonds is 3. The third-order valence-electron chi connectivity index (χ3n) is 4.00. The molecule has 1 aromatic carbocycles. The summed E-state index contributed by atoms with van der Waals surface area (Å²) in [5.41, 5.74) is 0.434. The van der Waals surface area contributed by atoms with E-state index in [9.17, 15) is 9.59 Å². The summed E-state index contributed by atoms with van der Waals surface area (Å²) in [6, 6.07) is 3.20. The lowest BCUT2D eigenvalue weighted by Crippen LogP contribution is -2.42. The molecule has 0 saturated carbocycles. The van der Waals surface area contributed by atoms with Crippen LogP contribution < -0.4 is 9.47 Å². The molecule has 2 aliphatic rings. The minimum absolute atomic E-state index is 0.0986. The molecule has 1 atom stereocenters. The Labute approximate surface area is 139 Å². The molecule has 0 aliphatic carbocycles. The van der Waals surface area contributed by atoms with Crippen LogP contribution in [0.25, 0.3) is 0 Å². The van der Waals surface area contributed by atoms with E-state index in [4.69, 9.17) is 25.8 Å². The highest BCUT2D eigenvalue weighted by Gasteiger charge is 2.31. The Morgan fingerprint density at radius 3 is 3.00 bits per heavy atom. The average molecular weight is 340 g/mol. The van der Waals surface area contributed by atoms with Gasteiger partial charge in [0.25, 0.3) is 5.91 Å². The molecule has 2 aliphatic heterocycles. The van der Waals surface area contributed by atoms with Crippen LogP contribution in [-0.4, -0.2) is 43.3 Å².